The molecule has 6 heteroatoms. The first-order valence-electron chi connectivity index (χ1n) is 7.76. The second-order valence-corrected chi connectivity index (χ2v) is 6.15. The Kier molecular flexibility index (Phi) is 6.05. The molecular weight excluding hydrogens is 288 g/mol. The minimum atomic E-state index is 0.200. The van der Waals surface area contributed by atoms with Crippen LogP contribution in [0.2, 0.25) is 5.15 Å². The smallest absolute Gasteiger partial charge is 0.130 e. The van der Waals surface area contributed by atoms with Crippen LogP contribution in [-0.4, -0.2) is 60.1 Å². The lowest BCUT2D eigenvalue weighted by Crippen LogP contribution is -2.52. The SMILES string of the molecule is CCCN1CCOC(C(Cc2c(C)nn(C)c2Cl)NC)C1. The lowest BCUT2D eigenvalue weighted by atomic mass is 10.0. The van der Waals surface area contributed by atoms with Crippen molar-refractivity contribution in [3.05, 3.63) is 16.4 Å². The van der Waals surface area contributed by atoms with E-state index < -0.39 is 0 Å². The third kappa shape index (κ3) is 3.97. The van der Waals surface area contributed by atoms with E-state index in [1.807, 2.05) is 21.0 Å². The number of rotatable bonds is 6. The van der Waals surface area contributed by atoms with Gasteiger partial charge in [-0.2, -0.15) is 5.10 Å². The van der Waals surface area contributed by atoms with Crippen LogP contribution in [0.1, 0.15) is 24.6 Å². The average Bonchev–Trinajstić information content (AvgIpc) is 2.71. The van der Waals surface area contributed by atoms with Crippen molar-refractivity contribution < 1.29 is 4.74 Å². The van der Waals surface area contributed by atoms with Gasteiger partial charge in [-0.15, -0.1) is 0 Å². The van der Waals surface area contributed by atoms with Gasteiger partial charge < -0.3 is 10.1 Å². The van der Waals surface area contributed by atoms with Crippen molar-refractivity contribution in [3.63, 3.8) is 0 Å². The Bertz CT molecular complexity index is 461. The minimum Gasteiger partial charge on any atom is -0.374 e. The Labute approximate surface area is 132 Å². The molecule has 2 rings (SSSR count). The predicted molar refractivity (Wildman–Crippen MR) is 86.0 cm³/mol. The standard InChI is InChI=1S/C15H27ClN4O/c1-5-6-20-7-8-21-14(10-20)13(17-3)9-12-11(2)18-19(4)15(12)16/h13-14,17H,5-10H2,1-4H3. The molecule has 1 aromatic heterocycles. The highest BCUT2D eigenvalue weighted by molar-refractivity contribution is 6.30. The molecule has 1 N–H and O–H groups in total. The fraction of sp³-hybridized carbons (Fsp3) is 0.800. The number of aromatic nitrogens is 2. The van der Waals surface area contributed by atoms with Gasteiger partial charge in [0, 0.05) is 31.7 Å². The normalized spacial score (nSPS) is 21.7. The van der Waals surface area contributed by atoms with Gasteiger partial charge in [-0.1, -0.05) is 18.5 Å². The first kappa shape index (κ1) is 16.7. The molecule has 120 valence electrons. The molecule has 1 fully saturated rings. The number of ether oxygens (including phenoxy) is 1. The number of halogens is 1. The summed E-state index contributed by atoms with van der Waals surface area (Å²) in [6, 6.07) is 0.255. The van der Waals surface area contributed by atoms with Crippen molar-refractivity contribution in [2.45, 2.75) is 38.8 Å². The summed E-state index contributed by atoms with van der Waals surface area (Å²) in [5, 5.41) is 8.52. The monoisotopic (exact) mass is 314 g/mol. The van der Waals surface area contributed by atoms with Gasteiger partial charge in [0.1, 0.15) is 5.15 Å². The van der Waals surface area contributed by atoms with E-state index in [1.54, 1.807) is 4.68 Å². The molecule has 0 aliphatic carbocycles. The van der Waals surface area contributed by atoms with Crippen LogP contribution in [0.25, 0.3) is 0 Å². The van der Waals surface area contributed by atoms with Gasteiger partial charge in [-0.3, -0.25) is 9.58 Å². The van der Waals surface area contributed by atoms with E-state index in [9.17, 15) is 0 Å². The van der Waals surface area contributed by atoms with Crippen LogP contribution < -0.4 is 5.32 Å². The number of hydrogen-bond donors (Lipinski definition) is 1. The minimum absolute atomic E-state index is 0.200. The summed E-state index contributed by atoms with van der Waals surface area (Å²) in [6.45, 7) is 8.20. The Morgan fingerprint density at radius 2 is 2.29 bits per heavy atom. The van der Waals surface area contributed by atoms with E-state index in [-0.39, 0.29) is 12.1 Å². The van der Waals surface area contributed by atoms with Gasteiger partial charge in [-0.05, 0) is 33.4 Å². The van der Waals surface area contributed by atoms with Crippen molar-refractivity contribution in [3.8, 4) is 0 Å². The van der Waals surface area contributed by atoms with Crippen molar-refractivity contribution in [1.82, 2.24) is 20.0 Å². The molecule has 0 spiro atoms. The summed E-state index contributed by atoms with van der Waals surface area (Å²) >= 11 is 6.35. The van der Waals surface area contributed by atoms with Crippen LogP contribution in [0, 0.1) is 6.92 Å². The zero-order chi connectivity index (χ0) is 15.4. The molecule has 21 heavy (non-hydrogen) atoms. The summed E-state index contributed by atoms with van der Waals surface area (Å²) in [7, 11) is 3.87. The second-order valence-electron chi connectivity index (χ2n) is 5.79. The summed E-state index contributed by atoms with van der Waals surface area (Å²) in [5.74, 6) is 0. The third-order valence-corrected chi connectivity index (χ3v) is 4.70. The first-order valence-corrected chi connectivity index (χ1v) is 8.13. The Morgan fingerprint density at radius 3 is 2.86 bits per heavy atom. The fourth-order valence-electron chi connectivity index (χ4n) is 3.04. The molecule has 1 aromatic rings. The molecule has 0 radical (unpaired) electrons. The zero-order valence-electron chi connectivity index (χ0n) is 13.5. The molecule has 2 unspecified atom stereocenters. The first-order chi connectivity index (χ1) is 10.1. The van der Waals surface area contributed by atoms with Crippen LogP contribution in [0.15, 0.2) is 0 Å². The van der Waals surface area contributed by atoms with E-state index in [0.717, 1.165) is 49.1 Å². The maximum absolute atomic E-state index is 6.35. The average molecular weight is 315 g/mol. The highest BCUT2D eigenvalue weighted by atomic mass is 35.5. The largest absolute Gasteiger partial charge is 0.374 e. The molecular formula is C15H27ClN4O. The predicted octanol–water partition coefficient (Wildman–Crippen LogP) is 1.62. The summed E-state index contributed by atoms with van der Waals surface area (Å²) in [4.78, 5) is 2.48. The van der Waals surface area contributed by atoms with Crippen molar-refractivity contribution in [2.75, 3.05) is 33.3 Å². The summed E-state index contributed by atoms with van der Waals surface area (Å²) < 4.78 is 7.73. The van der Waals surface area contributed by atoms with E-state index in [0.29, 0.717) is 0 Å². The van der Waals surface area contributed by atoms with Gasteiger partial charge in [0.2, 0.25) is 0 Å². The van der Waals surface area contributed by atoms with Gasteiger partial charge in [-0.25, -0.2) is 0 Å². The Balaban J connectivity index is 2.05. The lowest BCUT2D eigenvalue weighted by molar-refractivity contribution is -0.0450. The highest BCUT2D eigenvalue weighted by Gasteiger charge is 2.28. The molecule has 0 aromatic carbocycles. The number of aryl methyl sites for hydroxylation is 2. The summed E-state index contributed by atoms with van der Waals surface area (Å²) in [6.07, 6.45) is 2.23. The molecule has 0 bridgehead atoms. The summed E-state index contributed by atoms with van der Waals surface area (Å²) in [5.41, 5.74) is 2.12. The van der Waals surface area contributed by atoms with E-state index in [4.69, 9.17) is 16.3 Å². The second kappa shape index (κ2) is 7.58. The Morgan fingerprint density at radius 1 is 1.52 bits per heavy atom. The highest BCUT2D eigenvalue weighted by Crippen LogP contribution is 2.22. The maximum Gasteiger partial charge on any atom is 0.130 e. The van der Waals surface area contributed by atoms with Gasteiger partial charge >= 0.3 is 0 Å². The fourth-order valence-corrected chi connectivity index (χ4v) is 3.29. The van der Waals surface area contributed by atoms with Crippen molar-refractivity contribution in [1.29, 1.82) is 0 Å². The van der Waals surface area contributed by atoms with Gasteiger partial charge in [0.25, 0.3) is 0 Å². The molecule has 2 heterocycles. The molecule has 2 atom stereocenters. The zero-order valence-corrected chi connectivity index (χ0v) is 14.3. The Hall–Kier alpha value is -0.620. The van der Waals surface area contributed by atoms with Gasteiger partial charge in [0.15, 0.2) is 0 Å². The van der Waals surface area contributed by atoms with Crippen LogP contribution in [-0.2, 0) is 18.2 Å². The number of likely N-dealkylation sites (N-methyl/N-ethyl adjacent to an activating group) is 1. The molecule has 0 saturated carbocycles. The van der Waals surface area contributed by atoms with Crippen molar-refractivity contribution in [2.24, 2.45) is 7.05 Å². The van der Waals surface area contributed by atoms with E-state index >= 15 is 0 Å². The van der Waals surface area contributed by atoms with Crippen LogP contribution in [0.5, 0.6) is 0 Å². The lowest BCUT2D eigenvalue weighted by Gasteiger charge is -2.37. The van der Waals surface area contributed by atoms with Crippen LogP contribution in [0.3, 0.4) is 0 Å². The molecule has 5 nitrogen and oxygen atoms in total. The van der Waals surface area contributed by atoms with E-state index in [2.05, 4.69) is 22.2 Å². The van der Waals surface area contributed by atoms with E-state index in [1.165, 1.54) is 6.42 Å². The van der Waals surface area contributed by atoms with Crippen LogP contribution in [0.4, 0.5) is 0 Å². The number of nitrogens with one attached hydrogen (secondary N) is 1. The van der Waals surface area contributed by atoms with Crippen LogP contribution >= 0.6 is 11.6 Å². The molecule has 0 amide bonds. The topological polar surface area (TPSA) is 42.3 Å². The third-order valence-electron chi connectivity index (χ3n) is 4.23. The maximum atomic E-state index is 6.35. The molecule has 1 saturated heterocycles. The van der Waals surface area contributed by atoms with Gasteiger partial charge in [0.05, 0.1) is 18.4 Å². The molecule has 1 aliphatic rings. The molecule has 1 aliphatic heterocycles. The van der Waals surface area contributed by atoms with Crippen molar-refractivity contribution >= 4 is 11.6 Å². The quantitative estimate of drug-likeness (QED) is 0.866. The number of morpholine rings is 1. The number of nitrogens with zero attached hydrogens (tertiary/aromatic N) is 3. The number of hydrogen-bond acceptors (Lipinski definition) is 4.